The Bertz CT molecular complexity index is 1640. The zero-order valence-corrected chi connectivity index (χ0v) is 22.6. The highest BCUT2D eigenvalue weighted by Gasteiger charge is 2.39. The molecule has 0 unspecified atom stereocenters. The molecule has 182 valence electrons. The third kappa shape index (κ3) is 3.36. The van der Waals surface area contributed by atoms with Gasteiger partial charge in [-0.05, 0) is 62.8 Å². The van der Waals surface area contributed by atoms with Crippen molar-refractivity contribution in [1.82, 2.24) is 0 Å². The van der Waals surface area contributed by atoms with E-state index in [9.17, 15) is 0 Å². The molecule has 1 heteroatoms. The second-order valence-electron chi connectivity index (χ2n) is 12.8. The molecule has 5 aromatic rings. The Balaban J connectivity index is 1.52. The molecule has 0 saturated carbocycles. The molecule has 0 saturated heterocycles. The van der Waals surface area contributed by atoms with E-state index in [4.69, 9.17) is 4.42 Å². The summed E-state index contributed by atoms with van der Waals surface area (Å²) in [5.74, 6) is 0. The monoisotopic (exact) mass is 472 g/mol. The van der Waals surface area contributed by atoms with Crippen molar-refractivity contribution >= 4 is 21.9 Å². The van der Waals surface area contributed by atoms with Crippen LogP contribution in [-0.4, -0.2) is 0 Å². The van der Waals surface area contributed by atoms with Gasteiger partial charge in [0.2, 0.25) is 0 Å². The van der Waals surface area contributed by atoms with Gasteiger partial charge in [0.15, 0.2) is 0 Å². The summed E-state index contributed by atoms with van der Waals surface area (Å²) in [5, 5.41) is 2.43. The summed E-state index contributed by atoms with van der Waals surface area (Å²) in [6.45, 7) is 16.4. The van der Waals surface area contributed by atoms with E-state index in [2.05, 4.69) is 127 Å². The van der Waals surface area contributed by atoms with Crippen LogP contribution >= 0.6 is 0 Å². The van der Waals surface area contributed by atoms with Crippen LogP contribution in [0.4, 0.5) is 0 Å². The van der Waals surface area contributed by atoms with E-state index >= 15 is 0 Å². The maximum absolute atomic E-state index is 6.40. The lowest BCUT2D eigenvalue weighted by Gasteiger charge is -2.30. The van der Waals surface area contributed by atoms with Crippen molar-refractivity contribution in [2.45, 2.75) is 71.1 Å². The van der Waals surface area contributed by atoms with Crippen LogP contribution in [0.5, 0.6) is 0 Å². The predicted molar refractivity (Wildman–Crippen MR) is 153 cm³/mol. The molecule has 4 aromatic carbocycles. The van der Waals surface area contributed by atoms with Crippen molar-refractivity contribution in [3.63, 3.8) is 0 Å². The first-order valence-electron chi connectivity index (χ1n) is 13.2. The summed E-state index contributed by atoms with van der Waals surface area (Å²) in [5.41, 5.74) is 11.8. The number of hydrogen-bond donors (Lipinski definition) is 0. The summed E-state index contributed by atoms with van der Waals surface area (Å²) in [6.07, 6.45) is 0.963. The largest absolute Gasteiger partial charge is 0.456 e. The standard InChI is InChI=1S/C35H36O/c1-33(2,3)29-20-22(19-25-23-13-9-11-18-30(23)36-32(25)29)21-34(4,5)27-16-12-17-28-31(27)24-14-8-10-15-26(24)35(28,6)7/h8-20H,21H2,1-7H3. The van der Waals surface area contributed by atoms with Crippen molar-refractivity contribution in [2.75, 3.05) is 0 Å². The number of benzene rings is 4. The van der Waals surface area contributed by atoms with Crippen molar-refractivity contribution in [3.8, 4) is 11.1 Å². The molecule has 0 N–H and O–H groups in total. The smallest absolute Gasteiger partial charge is 0.139 e. The van der Waals surface area contributed by atoms with E-state index in [0.717, 1.165) is 17.6 Å². The van der Waals surface area contributed by atoms with Gasteiger partial charge >= 0.3 is 0 Å². The minimum atomic E-state index is -0.0404. The second kappa shape index (κ2) is 7.59. The Hall–Kier alpha value is -3.32. The van der Waals surface area contributed by atoms with Crippen molar-refractivity contribution in [2.24, 2.45) is 0 Å². The Morgan fingerprint density at radius 3 is 2.17 bits per heavy atom. The molecule has 1 nitrogen and oxygen atoms in total. The molecular weight excluding hydrogens is 436 g/mol. The van der Waals surface area contributed by atoms with E-state index in [1.807, 2.05) is 0 Å². The third-order valence-electron chi connectivity index (χ3n) is 8.33. The van der Waals surface area contributed by atoms with Gasteiger partial charge < -0.3 is 4.42 Å². The highest BCUT2D eigenvalue weighted by atomic mass is 16.3. The maximum Gasteiger partial charge on any atom is 0.139 e. The van der Waals surface area contributed by atoms with Crippen LogP contribution in [0.1, 0.15) is 76.3 Å². The van der Waals surface area contributed by atoms with Crippen LogP contribution in [0.3, 0.4) is 0 Å². The Labute approximate surface area is 215 Å². The molecule has 0 aliphatic heterocycles. The van der Waals surface area contributed by atoms with E-state index in [-0.39, 0.29) is 16.2 Å². The van der Waals surface area contributed by atoms with Crippen molar-refractivity contribution in [1.29, 1.82) is 0 Å². The normalized spacial score (nSPS) is 14.9. The van der Waals surface area contributed by atoms with Gasteiger partial charge in [-0.25, -0.2) is 0 Å². The fourth-order valence-corrected chi connectivity index (χ4v) is 6.47. The summed E-state index contributed by atoms with van der Waals surface area (Å²) in [4.78, 5) is 0. The molecule has 0 fully saturated rings. The first kappa shape index (κ1) is 23.1. The van der Waals surface area contributed by atoms with Gasteiger partial charge in [-0.1, -0.05) is 115 Å². The van der Waals surface area contributed by atoms with Crippen molar-refractivity contribution < 1.29 is 4.42 Å². The van der Waals surface area contributed by atoms with Crippen LogP contribution in [-0.2, 0) is 22.7 Å². The first-order valence-corrected chi connectivity index (χ1v) is 13.2. The molecule has 6 rings (SSSR count). The van der Waals surface area contributed by atoms with Crippen molar-refractivity contribution in [3.05, 3.63) is 107 Å². The summed E-state index contributed by atoms with van der Waals surface area (Å²) >= 11 is 0. The molecule has 1 aromatic heterocycles. The molecule has 1 aliphatic rings. The van der Waals surface area contributed by atoms with Crippen LogP contribution < -0.4 is 0 Å². The molecule has 0 spiro atoms. The van der Waals surface area contributed by atoms with E-state index < -0.39 is 0 Å². The molecular formula is C35H36O. The number of fused-ring (bicyclic) bond motifs is 6. The quantitative estimate of drug-likeness (QED) is 0.255. The Morgan fingerprint density at radius 2 is 1.39 bits per heavy atom. The molecule has 0 amide bonds. The number of rotatable bonds is 3. The van der Waals surface area contributed by atoms with Gasteiger partial charge in [0.05, 0.1) is 0 Å². The van der Waals surface area contributed by atoms with E-state index in [1.165, 1.54) is 49.7 Å². The van der Waals surface area contributed by atoms with Gasteiger partial charge in [-0.2, -0.15) is 0 Å². The Kier molecular flexibility index (Phi) is 4.87. The summed E-state index contributed by atoms with van der Waals surface area (Å²) in [6, 6.07) is 29.1. The lowest BCUT2D eigenvalue weighted by Crippen LogP contribution is -2.23. The minimum Gasteiger partial charge on any atom is -0.456 e. The van der Waals surface area contributed by atoms with Gasteiger partial charge in [-0.3, -0.25) is 0 Å². The van der Waals surface area contributed by atoms with Gasteiger partial charge in [-0.15, -0.1) is 0 Å². The van der Waals surface area contributed by atoms with Crippen LogP contribution in [0, 0.1) is 0 Å². The maximum atomic E-state index is 6.40. The lowest BCUT2D eigenvalue weighted by atomic mass is 9.74. The molecule has 36 heavy (non-hydrogen) atoms. The van der Waals surface area contributed by atoms with Gasteiger partial charge in [0.25, 0.3) is 0 Å². The lowest BCUT2D eigenvalue weighted by molar-refractivity contribution is 0.520. The average molecular weight is 473 g/mol. The fraction of sp³-hybridized carbons (Fsp3) is 0.314. The zero-order chi connectivity index (χ0) is 25.5. The Morgan fingerprint density at radius 1 is 0.694 bits per heavy atom. The number of hydrogen-bond acceptors (Lipinski definition) is 1. The van der Waals surface area contributed by atoms with E-state index in [0.29, 0.717) is 0 Å². The van der Waals surface area contributed by atoms with Crippen LogP contribution in [0.25, 0.3) is 33.1 Å². The van der Waals surface area contributed by atoms with Gasteiger partial charge in [0.1, 0.15) is 11.2 Å². The minimum absolute atomic E-state index is 0.0107. The number of para-hydroxylation sites is 1. The fourth-order valence-electron chi connectivity index (χ4n) is 6.47. The average Bonchev–Trinajstić information content (AvgIpc) is 3.31. The zero-order valence-electron chi connectivity index (χ0n) is 22.6. The first-order chi connectivity index (χ1) is 17.0. The summed E-state index contributed by atoms with van der Waals surface area (Å²) in [7, 11) is 0. The molecule has 0 atom stereocenters. The number of furan rings is 1. The van der Waals surface area contributed by atoms with Crippen LogP contribution in [0.2, 0.25) is 0 Å². The summed E-state index contributed by atoms with van der Waals surface area (Å²) < 4.78 is 6.40. The third-order valence-corrected chi connectivity index (χ3v) is 8.33. The predicted octanol–water partition coefficient (Wildman–Crippen LogP) is 9.71. The molecule has 1 aliphatic carbocycles. The molecule has 0 bridgehead atoms. The second-order valence-corrected chi connectivity index (χ2v) is 12.8. The highest BCUT2D eigenvalue weighted by molar-refractivity contribution is 6.06. The van der Waals surface area contributed by atoms with Crippen LogP contribution in [0.15, 0.2) is 83.3 Å². The SMILES string of the molecule is CC(C)(C)c1cc(CC(C)(C)c2cccc3c2-c2ccccc2C3(C)C)cc2c1oc1ccccc12. The molecule has 1 heterocycles. The highest BCUT2D eigenvalue weighted by Crippen LogP contribution is 2.52. The van der Waals surface area contributed by atoms with Gasteiger partial charge in [0, 0.05) is 21.8 Å². The van der Waals surface area contributed by atoms with E-state index in [1.54, 1.807) is 0 Å². The molecule has 0 radical (unpaired) electrons. The topological polar surface area (TPSA) is 13.1 Å².